The zero-order valence-electron chi connectivity index (χ0n) is 20.3. The summed E-state index contributed by atoms with van der Waals surface area (Å²) >= 11 is 6.32. The average Bonchev–Trinajstić information content (AvgIpc) is 2.83. The Morgan fingerprint density at radius 3 is 2.51 bits per heavy atom. The topological polar surface area (TPSA) is 86.1 Å². The van der Waals surface area contributed by atoms with Crippen LogP contribution in [0.25, 0.3) is 11.3 Å². The molecule has 1 aromatic carbocycles. The summed E-state index contributed by atoms with van der Waals surface area (Å²) in [4.78, 5) is 29.2. The van der Waals surface area contributed by atoms with Crippen LogP contribution < -0.4 is 10.9 Å². The molecule has 1 saturated carbocycles. The predicted octanol–water partition coefficient (Wildman–Crippen LogP) is 5.54. The molecule has 1 aliphatic carbocycles. The van der Waals surface area contributed by atoms with E-state index in [1.54, 1.807) is 29.2 Å². The number of carbonyl (C=O) groups excluding carboxylic acids is 1. The molecule has 0 radical (unpaired) electrons. The number of ether oxygens (including phenoxy) is 1. The predicted molar refractivity (Wildman–Crippen MR) is 137 cm³/mol. The summed E-state index contributed by atoms with van der Waals surface area (Å²) in [6, 6.07) is 14.8. The van der Waals surface area contributed by atoms with Crippen LogP contribution in [-0.4, -0.2) is 33.0 Å². The first-order valence-electron chi connectivity index (χ1n) is 11.9. The zero-order chi connectivity index (χ0) is 25.1. The van der Waals surface area contributed by atoms with Gasteiger partial charge in [-0.1, -0.05) is 23.7 Å². The molecule has 1 aliphatic rings. The third-order valence-electron chi connectivity index (χ3n) is 6.45. The van der Waals surface area contributed by atoms with E-state index in [1.807, 2.05) is 57.2 Å². The summed E-state index contributed by atoms with van der Waals surface area (Å²) in [7, 11) is 0. The van der Waals surface area contributed by atoms with Crippen LogP contribution in [0.1, 0.15) is 58.1 Å². The normalized spacial score (nSPS) is 20.3. The van der Waals surface area contributed by atoms with E-state index in [4.69, 9.17) is 16.3 Å². The van der Waals surface area contributed by atoms with Crippen molar-refractivity contribution in [3.63, 3.8) is 0 Å². The SMILES string of the molecule is CC(C)(C)NC(=O)OCC1(c2cccc(Cl)c2)CCC(n2nc(-c3ccncc3)ccc2=O)CC1. The molecule has 4 rings (SSSR count). The molecule has 3 aromatic rings. The van der Waals surface area contributed by atoms with E-state index < -0.39 is 6.09 Å². The largest absolute Gasteiger partial charge is 0.449 e. The lowest BCUT2D eigenvalue weighted by Gasteiger charge is -2.40. The van der Waals surface area contributed by atoms with Crippen LogP contribution in [-0.2, 0) is 10.2 Å². The highest BCUT2D eigenvalue weighted by atomic mass is 35.5. The molecule has 1 amide bonds. The van der Waals surface area contributed by atoms with Gasteiger partial charge >= 0.3 is 6.09 Å². The molecule has 184 valence electrons. The van der Waals surface area contributed by atoms with Crippen molar-refractivity contribution in [2.75, 3.05) is 6.61 Å². The lowest BCUT2D eigenvalue weighted by Crippen LogP contribution is -2.44. The summed E-state index contributed by atoms with van der Waals surface area (Å²) < 4.78 is 7.32. The number of hydrogen-bond acceptors (Lipinski definition) is 5. The van der Waals surface area contributed by atoms with E-state index in [-0.39, 0.29) is 29.2 Å². The highest BCUT2D eigenvalue weighted by molar-refractivity contribution is 6.30. The number of benzene rings is 1. The van der Waals surface area contributed by atoms with Crippen LogP contribution >= 0.6 is 11.6 Å². The van der Waals surface area contributed by atoms with E-state index >= 15 is 0 Å². The van der Waals surface area contributed by atoms with Gasteiger partial charge < -0.3 is 10.1 Å². The quantitative estimate of drug-likeness (QED) is 0.503. The number of carbonyl (C=O) groups is 1. The molecule has 1 fully saturated rings. The number of nitrogens with zero attached hydrogens (tertiary/aromatic N) is 3. The Morgan fingerprint density at radius 1 is 1.14 bits per heavy atom. The molecule has 2 aromatic heterocycles. The van der Waals surface area contributed by atoms with E-state index in [2.05, 4.69) is 15.4 Å². The van der Waals surface area contributed by atoms with Gasteiger partial charge in [0.1, 0.15) is 6.61 Å². The maximum Gasteiger partial charge on any atom is 0.407 e. The summed E-state index contributed by atoms with van der Waals surface area (Å²) in [5.74, 6) is 0. The van der Waals surface area contributed by atoms with Crippen LogP contribution in [0.15, 0.2) is 65.7 Å². The van der Waals surface area contributed by atoms with E-state index in [0.29, 0.717) is 5.02 Å². The van der Waals surface area contributed by atoms with Crippen molar-refractivity contribution in [2.45, 2.75) is 63.5 Å². The molecule has 7 nitrogen and oxygen atoms in total. The van der Waals surface area contributed by atoms with Gasteiger partial charge in [-0.15, -0.1) is 0 Å². The average molecular weight is 495 g/mol. The highest BCUT2D eigenvalue weighted by Gasteiger charge is 2.39. The standard InChI is InChI=1S/C27H31ClN4O3/c1-26(2,3)30-25(34)35-18-27(20-5-4-6-21(28)17-20)13-9-22(10-14-27)32-24(33)8-7-23(31-32)19-11-15-29-16-12-19/h4-8,11-12,15-17,22H,9-10,13-14,18H2,1-3H3,(H,30,34). The van der Waals surface area contributed by atoms with Gasteiger partial charge in [-0.25, -0.2) is 9.48 Å². The van der Waals surface area contributed by atoms with Gasteiger partial charge in [0, 0.05) is 40.0 Å². The lowest BCUT2D eigenvalue weighted by molar-refractivity contribution is 0.0838. The Morgan fingerprint density at radius 2 is 1.86 bits per heavy atom. The van der Waals surface area contributed by atoms with Gasteiger partial charge in [0.05, 0.1) is 11.7 Å². The van der Waals surface area contributed by atoms with E-state index in [9.17, 15) is 9.59 Å². The van der Waals surface area contributed by atoms with Gasteiger partial charge in [-0.05, 0) is 82.3 Å². The monoisotopic (exact) mass is 494 g/mol. The van der Waals surface area contributed by atoms with Gasteiger partial charge in [-0.2, -0.15) is 5.10 Å². The Bertz CT molecular complexity index is 1230. The Labute approximate surface area is 210 Å². The van der Waals surface area contributed by atoms with Crippen molar-refractivity contribution in [3.8, 4) is 11.3 Å². The Kier molecular flexibility index (Phi) is 7.26. The third-order valence-corrected chi connectivity index (χ3v) is 6.69. The molecule has 0 unspecified atom stereocenters. The molecule has 2 heterocycles. The fourth-order valence-electron chi connectivity index (χ4n) is 4.64. The first-order valence-corrected chi connectivity index (χ1v) is 12.2. The van der Waals surface area contributed by atoms with Gasteiger partial charge in [0.15, 0.2) is 0 Å². The van der Waals surface area contributed by atoms with Crippen LogP contribution in [0.5, 0.6) is 0 Å². The van der Waals surface area contributed by atoms with Gasteiger partial charge in [-0.3, -0.25) is 9.78 Å². The molecular formula is C27H31ClN4O3. The number of pyridine rings is 1. The molecule has 0 atom stereocenters. The third kappa shape index (κ3) is 6.09. The van der Waals surface area contributed by atoms with Crippen molar-refractivity contribution >= 4 is 17.7 Å². The molecule has 0 aliphatic heterocycles. The van der Waals surface area contributed by atoms with Crippen LogP contribution in [0, 0.1) is 0 Å². The van der Waals surface area contributed by atoms with Crippen LogP contribution in [0.3, 0.4) is 0 Å². The summed E-state index contributed by atoms with van der Waals surface area (Å²) in [5.41, 5.74) is 1.80. The summed E-state index contributed by atoms with van der Waals surface area (Å²) in [6.45, 7) is 5.98. The van der Waals surface area contributed by atoms with Crippen molar-refractivity contribution < 1.29 is 9.53 Å². The Hall–Kier alpha value is -3.19. The van der Waals surface area contributed by atoms with Crippen molar-refractivity contribution in [1.82, 2.24) is 20.1 Å². The van der Waals surface area contributed by atoms with E-state index in [0.717, 1.165) is 42.5 Å². The number of halogens is 1. The van der Waals surface area contributed by atoms with Gasteiger partial charge in [0.25, 0.3) is 5.56 Å². The first-order chi connectivity index (χ1) is 16.7. The minimum atomic E-state index is -0.441. The van der Waals surface area contributed by atoms with Crippen LogP contribution in [0.4, 0.5) is 4.79 Å². The number of hydrogen-bond donors (Lipinski definition) is 1. The molecule has 0 spiro atoms. The summed E-state index contributed by atoms with van der Waals surface area (Å²) in [6.07, 6.45) is 5.89. The minimum absolute atomic E-state index is 0.0417. The maximum absolute atomic E-state index is 12.7. The smallest absolute Gasteiger partial charge is 0.407 e. The number of nitrogens with one attached hydrogen (secondary N) is 1. The van der Waals surface area contributed by atoms with Crippen molar-refractivity contribution in [3.05, 3.63) is 81.9 Å². The summed E-state index contributed by atoms with van der Waals surface area (Å²) in [5, 5.41) is 8.18. The molecule has 0 bridgehead atoms. The molecule has 0 saturated heterocycles. The minimum Gasteiger partial charge on any atom is -0.449 e. The second-order valence-corrected chi connectivity index (χ2v) is 10.6. The van der Waals surface area contributed by atoms with Gasteiger partial charge in [0.2, 0.25) is 0 Å². The number of rotatable bonds is 5. The Balaban J connectivity index is 1.56. The first kappa shape index (κ1) is 24.9. The van der Waals surface area contributed by atoms with Crippen molar-refractivity contribution in [1.29, 1.82) is 0 Å². The molecule has 35 heavy (non-hydrogen) atoms. The second kappa shape index (κ2) is 10.2. The zero-order valence-corrected chi connectivity index (χ0v) is 21.1. The lowest BCUT2D eigenvalue weighted by atomic mass is 9.68. The fraction of sp³-hybridized carbons (Fsp3) is 0.407. The number of aromatic nitrogens is 3. The molecular weight excluding hydrogens is 464 g/mol. The molecule has 1 N–H and O–H groups in total. The number of amides is 1. The van der Waals surface area contributed by atoms with E-state index in [1.165, 1.54) is 0 Å². The second-order valence-electron chi connectivity index (χ2n) is 10.2. The molecule has 8 heteroatoms. The maximum atomic E-state index is 12.7. The van der Waals surface area contributed by atoms with Crippen LogP contribution in [0.2, 0.25) is 5.02 Å². The highest BCUT2D eigenvalue weighted by Crippen LogP contribution is 2.43. The van der Waals surface area contributed by atoms with Crippen molar-refractivity contribution in [2.24, 2.45) is 0 Å². The fourth-order valence-corrected chi connectivity index (χ4v) is 4.83. The number of alkyl carbamates (subject to hydrolysis) is 1.